The highest BCUT2D eigenvalue weighted by molar-refractivity contribution is 7.89. The molecule has 0 atom stereocenters. The molecule has 0 bridgehead atoms. The Balaban J connectivity index is 1.70. The predicted octanol–water partition coefficient (Wildman–Crippen LogP) is 4.95. The number of aliphatic hydroxyl groups is 1. The van der Waals surface area contributed by atoms with Crippen molar-refractivity contribution in [2.24, 2.45) is 7.05 Å². The van der Waals surface area contributed by atoms with Crippen LogP contribution in [0.25, 0.3) is 22.0 Å². The van der Waals surface area contributed by atoms with Crippen molar-refractivity contribution >= 4 is 20.9 Å². The lowest BCUT2D eigenvalue weighted by molar-refractivity contribution is 0.282. The van der Waals surface area contributed by atoms with Gasteiger partial charge in [0, 0.05) is 42.0 Å². The first-order valence-electron chi connectivity index (χ1n) is 11.5. The number of rotatable bonds is 7. The SMILES string of the molecule is Cn1cc(-c2cc(CO)ccc2Oc2ccc(F)cc2F)c2ccn(S(=O)(=O)Cc3ccccc3)c2c1=O. The Bertz CT molecular complexity index is 1830. The van der Waals surface area contributed by atoms with Gasteiger partial charge in [0.25, 0.3) is 5.56 Å². The van der Waals surface area contributed by atoms with Crippen molar-refractivity contribution in [2.45, 2.75) is 12.4 Å². The van der Waals surface area contributed by atoms with Crippen molar-refractivity contribution in [3.63, 3.8) is 0 Å². The highest BCUT2D eigenvalue weighted by atomic mass is 32.2. The molecule has 10 heteroatoms. The summed E-state index contributed by atoms with van der Waals surface area (Å²) in [4.78, 5) is 13.2. The van der Waals surface area contributed by atoms with E-state index in [0.717, 1.165) is 16.1 Å². The molecule has 5 rings (SSSR count). The number of pyridine rings is 1. The van der Waals surface area contributed by atoms with Crippen LogP contribution in [0.15, 0.2) is 90.0 Å². The summed E-state index contributed by atoms with van der Waals surface area (Å²) < 4.78 is 62.5. The van der Waals surface area contributed by atoms with Gasteiger partial charge in [-0.05, 0) is 41.5 Å². The number of aliphatic hydroxyl groups excluding tert-OH is 1. The lowest BCUT2D eigenvalue weighted by Crippen LogP contribution is -2.23. The second kappa shape index (κ2) is 9.88. The zero-order valence-electron chi connectivity index (χ0n) is 20.1. The number of hydrogen-bond acceptors (Lipinski definition) is 5. The molecule has 3 aromatic carbocycles. The summed E-state index contributed by atoms with van der Waals surface area (Å²) >= 11 is 0. The van der Waals surface area contributed by atoms with Crippen molar-refractivity contribution in [2.75, 3.05) is 0 Å². The van der Waals surface area contributed by atoms with Crippen LogP contribution in [-0.2, 0) is 29.4 Å². The normalized spacial score (nSPS) is 11.7. The first-order chi connectivity index (χ1) is 18.2. The molecule has 194 valence electrons. The molecule has 1 N–H and O–H groups in total. The number of ether oxygens (including phenoxy) is 1. The van der Waals surface area contributed by atoms with E-state index in [1.807, 2.05) is 0 Å². The van der Waals surface area contributed by atoms with Gasteiger partial charge in [0.1, 0.15) is 17.1 Å². The van der Waals surface area contributed by atoms with Crippen LogP contribution in [0, 0.1) is 11.6 Å². The van der Waals surface area contributed by atoms with E-state index in [0.29, 0.717) is 33.7 Å². The van der Waals surface area contributed by atoms with Gasteiger partial charge in [0.05, 0.1) is 12.4 Å². The van der Waals surface area contributed by atoms with Gasteiger partial charge in [-0.2, -0.15) is 0 Å². The molecule has 0 aliphatic heterocycles. The third-order valence-electron chi connectivity index (χ3n) is 6.11. The van der Waals surface area contributed by atoms with Crippen LogP contribution in [0.2, 0.25) is 0 Å². The van der Waals surface area contributed by atoms with Gasteiger partial charge in [0.2, 0.25) is 10.0 Å². The minimum Gasteiger partial charge on any atom is -0.454 e. The molecular formula is C28H22F2N2O5S. The van der Waals surface area contributed by atoms with E-state index in [-0.39, 0.29) is 29.4 Å². The molecule has 2 aromatic heterocycles. The number of fused-ring (bicyclic) bond motifs is 1. The average Bonchev–Trinajstić information content (AvgIpc) is 3.35. The molecule has 0 spiro atoms. The summed E-state index contributed by atoms with van der Waals surface area (Å²) in [6.45, 7) is -0.306. The average molecular weight is 537 g/mol. The zero-order valence-corrected chi connectivity index (χ0v) is 21.0. The van der Waals surface area contributed by atoms with Crippen LogP contribution in [0.1, 0.15) is 11.1 Å². The number of aryl methyl sites for hydroxylation is 1. The first kappa shape index (κ1) is 25.4. The smallest absolute Gasteiger partial charge is 0.275 e. The van der Waals surface area contributed by atoms with Crippen molar-refractivity contribution in [3.8, 4) is 22.6 Å². The maximum absolute atomic E-state index is 14.4. The standard InChI is InChI=1S/C28H22F2N2O5S/c1-31-15-23(22-13-19(16-33)7-9-25(22)37-26-10-8-20(29)14-24(26)30)21-11-12-32(27(21)28(31)34)38(35,36)17-18-5-3-2-4-6-18/h2-15,33H,16-17H2,1H3. The van der Waals surface area contributed by atoms with Crippen LogP contribution < -0.4 is 10.3 Å². The maximum Gasteiger partial charge on any atom is 0.275 e. The molecule has 0 amide bonds. The van der Waals surface area contributed by atoms with Gasteiger partial charge in [0.15, 0.2) is 11.6 Å². The Morgan fingerprint density at radius 2 is 1.63 bits per heavy atom. The Labute approximate surface area is 216 Å². The number of halogens is 2. The predicted molar refractivity (Wildman–Crippen MR) is 139 cm³/mol. The van der Waals surface area contributed by atoms with Crippen LogP contribution >= 0.6 is 0 Å². The van der Waals surface area contributed by atoms with Gasteiger partial charge in [-0.25, -0.2) is 21.2 Å². The summed E-state index contributed by atoms with van der Waals surface area (Å²) in [5, 5.41) is 10.1. The molecule has 0 radical (unpaired) electrons. The minimum absolute atomic E-state index is 0.0609. The largest absolute Gasteiger partial charge is 0.454 e. The lowest BCUT2D eigenvalue weighted by Gasteiger charge is -2.15. The number of nitrogens with zero attached hydrogens (tertiary/aromatic N) is 2. The van der Waals surface area contributed by atoms with Crippen LogP contribution in [0.5, 0.6) is 11.5 Å². The van der Waals surface area contributed by atoms with Crippen LogP contribution in [0.3, 0.4) is 0 Å². The fraction of sp³-hybridized carbons (Fsp3) is 0.107. The van der Waals surface area contributed by atoms with E-state index in [4.69, 9.17) is 4.74 Å². The number of benzene rings is 3. The highest BCUT2D eigenvalue weighted by Gasteiger charge is 2.23. The highest BCUT2D eigenvalue weighted by Crippen LogP contribution is 2.38. The molecule has 0 aliphatic rings. The molecule has 0 saturated carbocycles. The van der Waals surface area contributed by atoms with E-state index < -0.39 is 27.2 Å². The third-order valence-corrected chi connectivity index (χ3v) is 7.71. The lowest BCUT2D eigenvalue weighted by atomic mass is 10.0. The molecule has 5 aromatic rings. The fourth-order valence-corrected chi connectivity index (χ4v) is 5.74. The molecule has 0 unspecified atom stereocenters. The Kier molecular flexibility index (Phi) is 6.60. The topological polar surface area (TPSA) is 90.5 Å². The zero-order chi connectivity index (χ0) is 27.0. The van der Waals surface area contributed by atoms with Crippen LogP contribution in [0.4, 0.5) is 8.78 Å². The quantitative estimate of drug-likeness (QED) is 0.318. The minimum atomic E-state index is -3.97. The van der Waals surface area contributed by atoms with Gasteiger partial charge in [-0.15, -0.1) is 0 Å². The van der Waals surface area contributed by atoms with Crippen molar-refractivity contribution in [3.05, 3.63) is 118 Å². The Hall–Kier alpha value is -4.28. The van der Waals surface area contributed by atoms with Gasteiger partial charge in [-0.1, -0.05) is 36.4 Å². The number of hydrogen-bond donors (Lipinski definition) is 1. The molecule has 0 fully saturated rings. The monoisotopic (exact) mass is 536 g/mol. The molecule has 2 heterocycles. The second-order valence-corrected chi connectivity index (χ2v) is 10.6. The van der Waals surface area contributed by atoms with E-state index in [2.05, 4.69) is 0 Å². The van der Waals surface area contributed by atoms with E-state index in [1.54, 1.807) is 42.5 Å². The summed E-state index contributed by atoms with van der Waals surface area (Å²) in [7, 11) is -2.48. The van der Waals surface area contributed by atoms with Gasteiger partial charge in [-0.3, -0.25) is 4.79 Å². The van der Waals surface area contributed by atoms with Crippen molar-refractivity contribution < 1.29 is 27.0 Å². The Morgan fingerprint density at radius 3 is 2.34 bits per heavy atom. The van der Waals surface area contributed by atoms with Crippen molar-refractivity contribution in [1.29, 1.82) is 0 Å². The summed E-state index contributed by atoms with van der Waals surface area (Å²) in [5.41, 5.74) is 1.27. The van der Waals surface area contributed by atoms with Gasteiger partial charge >= 0.3 is 0 Å². The molecule has 0 saturated heterocycles. The van der Waals surface area contributed by atoms with Crippen molar-refractivity contribution in [1.82, 2.24) is 8.54 Å². The molecule has 38 heavy (non-hydrogen) atoms. The summed E-state index contributed by atoms with van der Waals surface area (Å²) in [6.07, 6.45) is 2.84. The fourth-order valence-electron chi connectivity index (χ4n) is 4.28. The van der Waals surface area contributed by atoms with E-state index in [9.17, 15) is 27.1 Å². The molecule has 0 aliphatic carbocycles. The van der Waals surface area contributed by atoms with Crippen LogP contribution in [-0.4, -0.2) is 22.1 Å². The molecule has 7 nitrogen and oxygen atoms in total. The van der Waals surface area contributed by atoms with E-state index >= 15 is 0 Å². The Morgan fingerprint density at radius 1 is 0.895 bits per heavy atom. The summed E-state index contributed by atoms with van der Waals surface area (Å²) in [5.74, 6) is -2.06. The van der Waals surface area contributed by atoms with E-state index in [1.165, 1.54) is 36.1 Å². The first-order valence-corrected chi connectivity index (χ1v) is 13.1. The van der Waals surface area contributed by atoms with Gasteiger partial charge < -0.3 is 14.4 Å². The maximum atomic E-state index is 14.4. The third kappa shape index (κ3) is 4.71. The summed E-state index contributed by atoms with van der Waals surface area (Å²) in [6, 6.07) is 17.7. The molecular weight excluding hydrogens is 514 g/mol. The second-order valence-electron chi connectivity index (χ2n) is 8.74. The number of aromatic nitrogens is 2.